The number of urea groups is 1. The van der Waals surface area contributed by atoms with Gasteiger partial charge in [0.25, 0.3) is 5.91 Å². The van der Waals surface area contributed by atoms with Crippen molar-refractivity contribution in [3.8, 4) is 0 Å². The van der Waals surface area contributed by atoms with Crippen molar-refractivity contribution in [2.75, 3.05) is 11.4 Å². The van der Waals surface area contributed by atoms with Gasteiger partial charge in [-0.25, -0.2) is 4.79 Å². The lowest BCUT2D eigenvalue weighted by Crippen LogP contribution is -2.42. The Hall–Kier alpha value is -3.15. The quantitative estimate of drug-likeness (QED) is 0.810. The van der Waals surface area contributed by atoms with Gasteiger partial charge in [0, 0.05) is 5.69 Å². The molecule has 0 radical (unpaired) electrons. The summed E-state index contributed by atoms with van der Waals surface area (Å²) in [6, 6.07) is 13.8. The zero-order valence-electron chi connectivity index (χ0n) is 16.6. The Morgan fingerprint density at radius 2 is 1.71 bits per heavy atom. The smallest absolute Gasteiger partial charge is 0.332 e. The number of amides is 4. The maximum Gasteiger partial charge on any atom is 0.332 e. The number of benzene rings is 2. The second-order valence-corrected chi connectivity index (χ2v) is 7.23. The lowest BCUT2D eigenvalue weighted by atomic mass is 10.0. The molecule has 2 aromatic carbocycles. The van der Waals surface area contributed by atoms with Crippen molar-refractivity contribution in [2.45, 2.75) is 39.8 Å². The van der Waals surface area contributed by atoms with Gasteiger partial charge in [-0.3, -0.25) is 19.4 Å². The Labute approximate surface area is 165 Å². The number of rotatable bonds is 5. The van der Waals surface area contributed by atoms with Crippen molar-refractivity contribution >= 4 is 23.5 Å². The van der Waals surface area contributed by atoms with E-state index in [1.165, 1.54) is 4.90 Å². The molecule has 1 aliphatic heterocycles. The summed E-state index contributed by atoms with van der Waals surface area (Å²) in [6.07, 6.45) is 0. The molecule has 1 saturated heterocycles. The summed E-state index contributed by atoms with van der Waals surface area (Å²) in [5, 5.41) is 2.88. The third-order valence-electron chi connectivity index (χ3n) is 5.09. The van der Waals surface area contributed by atoms with E-state index in [9.17, 15) is 14.4 Å². The summed E-state index contributed by atoms with van der Waals surface area (Å²) < 4.78 is 0. The Bertz CT molecular complexity index is 907. The largest absolute Gasteiger partial charge is 0.348 e. The lowest BCUT2D eigenvalue weighted by molar-refractivity contribution is -0.132. The first kappa shape index (κ1) is 19.6. The molecule has 4 amide bonds. The summed E-state index contributed by atoms with van der Waals surface area (Å²) in [6.45, 7) is 7.20. The molecule has 3 rings (SSSR count). The van der Waals surface area contributed by atoms with E-state index in [0.29, 0.717) is 5.69 Å². The number of anilines is 1. The summed E-state index contributed by atoms with van der Waals surface area (Å²) in [5.74, 6) is -0.736. The van der Waals surface area contributed by atoms with Crippen LogP contribution in [0.1, 0.15) is 36.6 Å². The van der Waals surface area contributed by atoms with Crippen LogP contribution in [0, 0.1) is 13.8 Å². The number of imide groups is 1. The predicted molar refractivity (Wildman–Crippen MR) is 108 cm³/mol. The maximum absolute atomic E-state index is 12.8. The second-order valence-electron chi connectivity index (χ2n) is 7.23. The van der Waals surface area contributed by atoms with Gasteiger partial charge in [0.2, 0.25) is 5.91 Å². The highest BCUT2D eigenvalue weighted by Gasteiger charge is 2.44. The van der Waals surface area contributed by atoms with Gasteiger partial charge in [-0.15, -0.1) is 0 Å². The SMILES string of the molecule is Cc1ccc(N2C(=O)N(CC(=O)NC(C)c3ccccc3C)C(=O)C2C)cc1. The van der Waals surface area contributed by atoms with Crippen LogP contribution in [0.4, 0.5) is 10.5 Å². The number of nitrogens with zero attached hydrogens (tertiary/aromatic N) is 2. The van der Waals surface area contributed by atoms with Crippen LogP contribution in [0.5, 0.6) is 0 Å². The van der Waals surface area contributed by atoms with Crippen molar-refractivity contribution in [1.29, 1.82) is 0 Å². The Balaban J connectivity index is 1.70. The zero-order valence-corrected chi connectivity index (χ0v) is 16.6. The van der Waals surface area contributed by atoms with Crippen LogP contribution < -0.4 is 10.2 Å². The minimum Gasteiger partial charge on any atom is -0.348 e. The molecule has 146 valence electrons. The topological polar surface area (TPSA) is 69.7 Å². The molecule has 1 aliphatic rings. The zero-order chi connectivity index (χ0) is 20.4. The Kier molecular flexibility index (Phi) is 5.49. The molecule has 0 aliphatic carbocycles. The molecule has 6 nitrogen and oxygen atoms in total. The number of carbonyl (C=O) groups excluding carboxylic acids is 3. The summed E-state index contributed by atoms with van der Waals surface area (Å²) in [4.78, 5) is 40.4. The van der Waals surface area contributed by atoms with Gasteiger partial charge in [0.1, 0.15) is 12.6 Å². The standard InChI is InChI=1S/C22H25N3O3/c1-14-9-11-18(12-10-14)25-17(4)21(27)24(22(25)28)13-20(26)23-16(3)19-8-6-5-7-15(19)2/h5-12,16-17H,13H2,1-4H3,(H,23,26). The van der Waals surface area contributed by atoms with Crippen LogP contribution in [0.3, 0.4) is 0 Å². The monoisotopic (exact) mass is 379 g/mol. The Morgan fingerprint density at radius 3 is 2.36 bits per heavy atom. The first-order valence-electron chi connectivity index (χ1n) is 9.35. The summed E-state index contributed by atoms with van der Waals surface area (Å²) in [7, 11) is 0. The average Bonchev–Trinajstić information content (AvgIpc) is 2.86. The van der Waals surface area contributed by atoms with E-state index in [1.807, 2.05) is 57.2 Å². The van der Waals surface area contributed by atoms with Crippen molar-refractivity contribution in [3.63, 3.8) is 0 Å². The number of nitrogens with one attached hydrogen (secondary N) is 1. The van der Waals surface area contributed by atoms with E-state index in [1.54, 1.807) is 19.1 Å². The molecule has 2 aromatic rings. The van der Waals surface area contributed by atoms with Gasteiger partial charge in [-0.05, 0) is 51.0 Å². The van der Waals surface area contributed by atoms with Crippen molar-refractivity contribution in [1.82, 2.24) is 10.2 Å². The van der Waals surface area contributed by atoms with E-state index < -0.39 is 12.1 Å². The van der Waals surface area contributed by atoms with Crippen LogP contribution in [0.25, 0.3) is 0 Å². The molecular weight excluding hydrogens is 354 g/mol. The number of carbonyl (C=O) groups is 3. The van der Waals surface area contributed by atoms with E-state index in [0.717, 1.165) is 21.6 Å². The molecule has 28 heavy (non-hydrogen) atoms. The highest BCUT2D eigenvalue weighted by molar-refractivity contribution is 6.15. The van der Waals surface area contributed by atoms with Crippen molar-refractivity contribution in [2.24, 2.45) is 0 Å². The fraction of sp³-hybridized carbons (Fsp3) is 0.318. The molecular formula is C22H25N3O3. The lowest BCUT2D eigenvalue weighted by Gasteiger charge is -2.20. The highest BCUT2D eigenvalue weighted by Crippen LogP contribution is 2.26. The first-order chi connectivity index (χ1) is 13.3. The van der Waals surface area contributed by atoms with Gasteiger partial charge >= 0.3 is 6.03 Å². The van der Waals surface area contributed by atoms with Gasteiger partial charge < -0.3 is 5.32 Å². The average molecular weight is 379 g/mol. The fourth-order valence-corrected chi connectivity index (χ4v) is 3.49. The summed E-state index contributed by atoms with van der Waals surface area (Å²) >= 11 is 0. The van der Waals surface area contributed by atoms with Crippen molar-refractivity contribution < 1.29 is 14.4 Å². The van der Waals surface area contributed by atoms with E-state index in [4.69, 9.17) is 0 Å². The van der Waals surface area contributed by atoms with Gasteiger partial charge in [-0.1, -0.05) is 42.0 Å². The molecule has 1 fully saturated rings. The molecule has 0 saturated carbocycles. The fourth-order valence-electron chi connectivity index (χ4n) is 3.49. The van der Waals surface area contributed by atoms with Crippen LogP contribution in [0.2, 0.25) is 0 Å². The third-order valence-corrected chi connectivity index (χ3v) is 5.09. The van der Waals surface area contributed by atoms with Gasteiger partial charge in [0.15, 0.2) is 0 Å². The van der Waals surface area contributed by atoms with E-state index in [2.05, 4.69) is 5.32 Å². The molecule has 2 atom stereocenters. The van der Waals surface area contributed by atoms with Crippen LogP contribution in [-0.4, -0.2) is 35.3 Å². The molecule has 0 spiro atoms. The molecule has 0 aromatic heterocycles. The van der Waals surface area contributed by atoms with E-state index >= 15 is 0 Å². The molecule has 1 N–H and O–H groups in total. The third kappa shape index (κ3) is 3.76. The highest BCUT2D eigenvalue weighted by atomic mass is 16.2. The Morgan fingerprint density at radius 1 is 1.07 bits per heavy atom. The molecule has 1 heterocycles. The normalized spacial score (nSPS) is 17.8. The molecule has 6 heteroatoms. The minimum absolute atomic E-state index is 0.216. The molecule has 0 bridgehead atoms. The van der Waals surface area contributed by atoms with Crippen molar-refractivity contribution in [3.05, 3.63) is 65.2 Å². The van der Waals surface area contributed by atoms with Gasteiger partial charge in [0.05, 0.1) is 6.04 Å². The first-order valence-corrected chi connectivity index (χ1v) is 9.35. The van der Waals surface area contributed by atoms with Crippen LogP contribution in [0.15, 0.2) is 48.5 Å². The number of aryl methyl sites for hydroxylation is 2. The number of hydrogen-bond donors (Lipinski definition) is 1. The van der Waals surface area contributed by atoms with Crippen LogP contribution in [-0.2, 0) is 9.59 Å². The second kappa shape index (κ2) is 7.84. The minimum atomic E-state index is -0.642. The summed E-state index contributed by atoms with van der Waals surface area (Å²) in [5.41, 5.74) is 3.79. The van der Waals surface area contributed by atoms with Crippen LogP contribution >= 0.6 is 0 Å². The van der Waals surface area contributed by atoms with Gasteiger partial charge in [-0.2, -0.15) is 0 Å². The number of hydrogen-bond acceptors (Lipinski definition) is 3. The molecule has 2 unspecified atom stereocenters. The predicted octanol–water partition coefficient (Wildman–Crippen LogP) is 3.34. The maximum atomic E-state index is 12.8. The van der Waals surface area contributed by atoms with E-state index in [-0.39, 0.29) is 24.4 Å².